The molecule has 1 atom stereocenters. The summed E-state index contributed by atoms with van der Waals surface area (Å²) >= 11 is 0. The van der Waals surface area contributed by atoms with E-state index in [1.165, 1.54) is 6.21 Å². The SMILES string of the molecule is CCOc1ccc(N=CC(C(=O)Nc2ccccn2)c2cc(C)no2)cc1. The molecule has 7 heteroatoms. The molecule has 0 radical (unpaired) electrons. The van der Waals surface area contributed by atoms with Gasteiger partial charge in [-0.2, -0.15) is 0 Å². The zero-order valence-electron chi connectivity index (χ0n) is 15.1. The summed E-state index contributed by atoms with van der Waals surface area (Å²) in [5.41, 5.74) is 1.39. The zero-order chi connectivity index (χ0) is 19.1. The van der Waals surface area contributed by atoms with Crippen LogP contribution in [0.5, 0.6) is 5.75 Å². The van der Waals surface area contributed by atoms with Crippen LogP contribution in [0.4, 0.5) is 11.5 Å². The van der Waals surface area contributed by atoms with Gasteiger partial charge in [-0.3, -0.25) is 9.79 Å². The first-order chi connectivity index (χ1) is 13.2. The molecule has 2 heterocycles. The van der Waals surface area contributed by atoms with Crippen LogP contribution in [-0.4, -0.2) is 28.9 Å². The van der Waals surface area contributed by atoms with E-state index in [4.69, 9.17) is 9.26 Å². The molecule has 1 N–H and O–H groups in total. The van der Waals surface area contributed by atoms with Gasteiger partial charge in [-0.05, 0) is 50.2 Å². The highest BCUT2D eigenvalue weighted by molar-refractivity contribution is 6.05. The molecule has 0 aliphatic rings. The normalized spacial score (nSPS) is 12.1. The molecule has 27 heavy (non-hydrogen) atoms. The van der Waals surface area contributed by atoms with Crippen molar-refractivity contribution in [3.8, 4) is 5.75 Å². The maximum absolute atomic E-state index is 12.7. The predicted molar refractivity (Wildman–Crippen MR) is 103 cm³/mol. The summed E-state index contributed by atoms with van der Waals surface area (Å²) in [6.07, 6.45) is 3.14. The van der Waals surface area contributed by atoms with Crippen LogP contribution in [0.1, 0.15) is 24.3 Å². The van der Waals surface area contributed by atoms with E-state index in [0.29, 0.717) is 29.6 Å². The number of benzene rings is 1. The van der Waals surface area contributed by atoms with Crippen LogP contribution in [-0.2, 0) is 4.79 Å². The van der Waals surface area contributed by atoms with Crippen molar-refractivity contribution in [2.45, 2.75) is 19.8 Å². The standard InChI is InChI=1S/C20H20N4O3/c1-3-26-16-9-7-15(8-10-16)22-13-17(18-12-14(2)24-27-18)20(25)23-19-6-4-5-11-21-19/h4-13,17H,3H2,1-2H3,(H,21,23,25). The summed E-state index contributed by atoms with van der Waals surface area (Å²) in [5.74, 6) is 0.597. The molecule has 0 saturated heterocycles. The Kier molecular flexibility index (Phi) is 5.94. The van der Waals surface area contributed by atoms with Crippen LogP contribution in [0.2, 0.25) is 0 Å². The van der Waals surface area contributed by atoms with Crippen molar-refractivity contribution < 1.29 is 14.1 Å². The number of anilines is 1. The Morgan fingerprint density at radius 3 is 2.74 bits per heavy atom. The zero-order valence-corrected chi connectivity index (χ0v) is 15.1. The second-order valence-electron chi connectivity index (χ2n) is 5.76. The summed E-state index contributed by atoms with van der Waals surface area (Å²) in [6, 6.07) is 14.3. The predicted octanol–water partition coefficient (Wildman–Crippen LogP) is 3.90. The quantitative estimate of drug-likeness (QED) is 0.642. The van der Waals surface area contributed by atoms with E-state index >= 15 is 0 Å². The van der Waals surface area contributed by atoms with E-state index < -0.39 is 5.92 Å². The Morgan fingerprint density at radius 2 is 2.11 bits per heavy atom. The van der Waals surface area contributed by atoms with Gasteiger partial charge in [-0.1, -0.05) is 11.2 Å². The van der Waals surface area contributed by atoms with Crippen molar-refractivity contribution in [2.24, 2.45) is 4.99 Å². The van der Waals surface area contributed by atoms with Gasteiger partial charge >= 0.3 is 0 Å². The van der Waals surface area contributed by atoms with E-state index in [-0.39, 0.29) is 5.91 Å². The Morgan fingerprint density at radius 1 is 1.30 bits per heavy atom. The smallest absolute Gasteiger partial charge is 0.241 e. The van der Waals surface area contributed by atoms with Gasteiger partial charge < -0.3 is 14.6 Å². The maximum atomic E-state index is 12.7. The van der Waals surface area contributed by atoms with Gasteiger partial charge in [-0.25, -0.2) is 4.98 Å². The van der Waals surface area contributed by atoms with Gasteiger partial charge in [-0.15, -0.1) is 0 Å². The fraction of sp³-hybridized carbons (Fsp3) is 0.200. The number of hydrogen-bond donors (Lipinski definition) is 1. The summed E-state index contributed by atoms with van der Waals surface area (Å²) in [6.45, 7) is 4.32. The maximum Gasteiger partial charge on any atom is 0.241 e. The lowest BCUT2D eigenvalue weighted by molar-refractivity contribution is -0.116. The second-order valence-corrected chi connectivity index (χ2v) is 5.76. The van der Waals surface area contributed by atoms with E-state index in [1.54, 1.807) is 37.4 Å². The molecule has 3 aromatic rings. The summed E-state index contributed by atoms with van der Waals surface area (Å²) in [5, 5.41) is 6.63. The molecular weight excluding hydrogens is 344 g/mol. The minimum Gasteiger partial charge on any atom is -0.494 e. The number of hydrogen-bond acceptors (Lipinski definition) is 6. The number of nitrogens with zero attached hydrogens (tertiary/aromatic N) is 3. The summed E-state index contributed by atoms with van der Waals surface area (Å²) in [7, 11) is 0. The summed E-state index contributed by atoms with van der Waals surface area (Å²) in [4.78, 5) is 21.2. The van der Waals surface area contributed by atoms with Gasteiger partial charge in [0.15, 0.2) is 5.76 Å². The number of aliphatic imine (C=N–C) groups is 1. The van der Waals surface area contributed by atoms with Crippen molar-refractivity contribution in [1.82, 2.24) is 10.1 Å². The van der Waals surface area contributed by atoms with Crippen LogP contribution in [0.3, 0.4) is 0 Å². The number of ether oxygens (including phenoxy) is 1. The molecule has 3 rings (SSSR count). The van der Waals surface area contributed by atoms with Gasteiger partial charge in [0, 0.05) is 18.5 Å². The average molecular weight is 364 g/mol. The van der Waals surface area contributed by atoms with Crippen LogP contribution < -0.4 is 10.1 Å². The molecule has 138 valence electrons. The van der Waals surface area contributed by atoms with Crippen molar-refractivity contribution in [1.29, 1.82) is 0 Å². The molecule has 0 saturated carbocycles. The van der Waals surface area contributed by atoms with E-state index in [9.17, 15) is 4.79 Å². The van der Waals surface area contributed by atoms with Crippen LogP contribution in [0.15, 0.2) is 64.2 Å². The molecule has 0 bridgehead atoms. The number of aromatic nitrogens is 2. The Hall–Kier alpha value is -3.48. The number of carbonyl (C=O) groups excluding carboxylic acids is 1. The van der Waals surface area contributed by atoms with E-state index in [1.807, 2.05) is 31.2 Å². The molecule has 0 aliphatic carbocycles. The third kappa shape index (κ3) is 5.01. The minimum atomic E-state index is -0.736. The molecule has 1 aromatic carbocycles. The lowest BCUT2D eigenvalue weighted by atomic mass is 10.1. The fourth-order valence-corrected chi connectivity index (χ4v) is 2.40. The lowest BCUT2D eigenvalue weighted by Gasteiger charge is -2.09. The first kappa shape index (κ1) is 18.3. The number of amides is 1. The number of aryl methyl sites for hydroxylation is 1. The van der Waals surface area contributed by atoms with Gasteiger partial charge in [0.1, 0.15) is 17.5 Å². The topological polar surface area (TPSA) is 89.6 Å². The number of rotatable bonds is 7. The minimum absolute atomic E-state index is 0.306. The number of nitrogens with one attached hydrogen (secondary N) is 1. The average Bonchev–Trinajstić information content (AvgIpc) is 3.10. The highest BCUT2D eigenvalue weighted by Crippen LogP contribution is 2.21. The molecule has 0 aliphatic heterocycles. The molecule has 0 spiro atoms. The third-order valence-electron chi connectivity index (χ3n) is 3.67. The molecule has 0 fully saturated rings. The van der Waals surface area contributed by atoms with E-state index in [0.717, 1.165) is 5.75 Å². The molecule has 1 unspecified atom stereocenters. The van der Waals surface area contributed by atoms with Crippen molar-refractivity contribution in [2.75, 3.05) is 11.9 Å². The number of carbonyl (C=O) groups is 1. The van der Waals surface area contributed by atoms with Crippen molar-refractivity contribution in [3.05, 3.63) is 66.2 Å². The first-order valence-electron chi connectivity index (χ1n) is 8.58. The van der Waals surface area contributed by atoms with Gasteiger partial charge in [0.25, 0.3) is 0 Å². The molecule has 7 nitrogen and oxygen atoms in total. The van der Waals surface area contributed by atoms with Crippen molar-refractivity contribution >= 4 is 23.6 Å². The molecule has 1 amide bonds. The van der Waals surface area contributed by atoms with E-state index in [2.05, 4.69) is 20.4 Å². The van der Waals surface area contributed by atoms with Crippen molar-refractivity contribution in [3.63, 3.8) is 0 Å². The molecular formula is C20H20N4O3. The lowest BCUT2D eigenvalue weighted by Crippen LogP contribution is -2.22. The highest BCUT2D eigenvalue weighted by atomic mass is 16.5. The third-order valence-corrected chi connectivity index (χ3v) is 3.67. The Bertz CT molecular complexity index is 904. The second kappa shape index (κ2) is 8.75. The first-order valence-corrected chi connectivity index (χ1v) is 8.58. The largest absolute Gasteiger partial charge is 0.494 e. The van der Waals surface area contributed by atoms with Crippen LogP contribution >= 0.6 is 0 Å². The fourth-order valence-electron chi connectivity index (χ4n) is 2.40. The molecule has 2 aromatic heterocycles. The highest BCUT2D eigenvalue weighted by Gasteiger charge is 2.23. The number of pyridine rings is 1. The summed E-state index contributed by atoms with van der Waals surface area (Å²) < 4.78 is 10.7. The van der Waals surface area contributed by atoms with Crippen LogP contribution in [0, 0.1) is 6.92 Å². The Balaban J connectivity index is 1.80. The Labute approximate surface area is 157 Å². The van der Waals surface area contributed by atoms with Crippen LogP contribution in [0.25, 0.3) is 0 Å². The van der Waals surface area contributed by atoms with Gasteiger partial charge in [0.05, 0.1) is 18.0 Å². The monoisotopic (exact) mass is 364 g/mol. The van der Waals surface area contributed by atoms with Gasteiger partial charge in [0.2, 0.25) is 5.91 Å².